The number of hydrogen-bond acceptors (Lipinski definition) is 4. The number of fused-ring (bicyclic) bond motifs is 1. The Balaban J connectivity index is 1.79. The number of carbonyl (C=O) groups excluding carboxylic acids is 1. The van der Waals surface area contributed by atoms with Crippen LogP contribution in [0.15, 0.2) is 48.5 Å². The molecule has 0 fully saturated rings. The highest BCUT2D eigenvalue weighted by Crippen LogP contribution is 2.21. The summed E-state index contributed by atoms with van der Waals surface area (Å²) in [7, 11) is 0. The Labute approximate surface area is 146 Å². The summed E-state index contributed by atoms with van der Waals surface area (Å²) in [4.78, 5) is 14.6. The summed E-state index contributed by atoms with van der Waals surface area (Å²) in [6, 6.07) is 16.9. The van der Waals surface area contributed by atoms with Crippen LogP contribution in [0.5, 0.6) is 0 Å². The average Bonchev–Trinajstić information content (AvgIpc) is 3.05. The quantitative estimate of drug-likeness (QED) is 0.719. The van der Waals surface area contributed by atoms with Gasteiger partial charge in [0, 0.05) is 6.54 Å². The van der Waals surface area contributed by atoms with Crippen LogP contribution in [0.3, 0.4) is 0 Å². The van der Waals surface area contributed by atoms with Gasteiger partial charge < -0.3 is 4.90 Å². The number of nitrogens with zero attached hydrogens (tertiary/aromatic N) is 5. The highest BCUT2D eigenvalue weighted by Gasteiger charge is 2.21. The van der Waals surface area contributed by atoms with E-state index in [1.807, 2.05) is 50.2 Å². The molecule has 6 heteroatoms. The van der Waals surface area contributed by atoms with E-state index in [2.05, 4.69) is 16.4 Å². The summed E-state index contributed by atoms with van der Waals surface area (Å²) in [5, 5.41) is 17.1. The van der Waals surface area contributed by atoms with Crippen molar-refractivity contribution in [2.45, 2.75) is 26.4 Å². The number of carbonyl (C=O) groups is 1. The smallest absolute Gasteiger partial charge is 0.244 e. The van der Waals surface area contributed by atoms with Crippen LogP contribution in [0.2, 0.25) is 0 Å². The summed E-state index contributed by atoms with van der Waals surface area (Å²) in [6.45, 7) is 4.68. The third-order valence-corrected chi connectivity index (χ3v) is 4.36. The SMILES string of the molecule is CCN(C(=O)Cn1nnc2ccccc21)[C@@H](C)c1ccc(C#N)cc1. The zero-order valence-corrected chi connectivity index (χ0v) is 14.3. The largest absolute Gasteiger partial charge is 0.335 e. The summed E-state index contributed by atoms with van der Waals surface area (Å²) < 4.78 is 1.63. The molecule has 1 aromatic heterocycles. The Bertz CT molecular complexity index is 923. The number of amides is 1. The van der Waals surface area contributed by atoms with E-state index in [4.69, 9.17) is 5.26 Å². The molecule has 126 valence electrons. The van der Waals surface area contributed by atoms with Gasteiger partial charge in [-0.3, -0.25) is 4.79 Å². The highest BCUT2D eigenvalue weighted by atomic mass is 16.2. The molecule has 1 atom stereocenters. The fourth-order valence-electron chi connectivity index (χ4n) is 2.94. The fraction of sp³-hybridized carbons (Fsp3) is 0.263. The van der Waals surface area contributed by atoms with Gasteiger partial charge in [0.05, 0.1) is 23.2 Å². The van der Waals surface area contributed by atoms with Crippen LogP contribution in [0.25, 0.3) is 11.0 Å². The lowest BCUT2D eigenvalue weighted by Crippen LogP contribution is -2.36. The van der Waals surface area contributed by atoms with Crippen molar-refractivity contribution in [3.63, 3.8) is 0 Å². The van der Waals surface area contributed by atoms with E-state index in [0.29, 0.717) is 12.1 Å². The molecule has 2 aromatic carbocycles. The van der Waals surface area contributed by atoms with Gasteiger partial charge in [-0.2, -0.15) is 5.26 Å². The Morgan fingerprint density at radius 2 is 1.96 bits per heavy atom. The second kappa shape index (κ2) is 7.14. The molecule has 0 saturated heterocycles. The second-order valence-corrected chi connectivity index (χ2v) is 5.83. The number of likely N-dealkylation sites (N-methyl/N-ethyl adjacent to an activating group) is 1. The molecule has 6 nitrogen and oxygen atoms in total. The third-order valence-electron chi connectivity index (χ3n) is 4.36. The van der Waals surface area contributed by atoms with Crippen LogP contribution in [-0.2, 0) is 11.3 Å². The zero-order chi connectivity index (χ0) is 17.8. The maximum atomic E-state index is 12.8. The molecule has 0 radical (unpaired) electrons. The Hall–Kier alpha value is -3.20. The topological polar surface area (TPSA) is 74.8 Å². The first-order chi connectivity index (χ1) is 12.1. The van der Waals surface area contributed by atoms with E-state index < -0.39 is 0 Å². The second-order valence-electron chi connectivity index (χ2n) is 5.83. The van der Waals surface area contributed by atoms with Crippen LogP contribution in [0.4, 0.5) is 0 Å². The Morgan fingerprint density at radius 3 is 2.64 bits per heavy atom. The molecule has 0 aliphatic heterocycles. The minimum atomic E-state index is -0.0833. The van der Waals surface area contributed by atoms with Crippen molar-refractivity contribution >= 4 is 16.9 Å². The number of rotatable bonds is 5. The Morgan fingerprint density at radius 1 is 1.24 bits per heavy atom. The molecule has 0 N–H and O–H groups in total. The minimum Gasteiger partial charge on any atom is -0.335 e. The first kappa shape index (κ1) is 16.7. The maximum absolute atomic E-state index is 12.8. The molecule has 0 unspecified atom stereocenters. The van der Waals surface area contributed by atoms with Crippen molar-refractivity contribution in [3.8, 4) is 6.07 Å². The van der Waals surface area contributed by atoms with Gasteiger partial charge in [0.15, 0.2) is 0 Å². The standard InChI is InChI=1S/C19H19N5O/c1-3-23(14(2)16-10-8-15(12-20)9-11-16)19(25)13-24-18-7-5-4-6-17(18)21-22-24/h4-11,14H,3,13H2,1-2H3/t14-/m0/s1. The molecule has 0 spiro atoms. The Kier molecular flexibility index (Phi) is 4.75. The molecule has 3 aromatic rings. The molecular weight excluding hydrogens is 314 g/mol. The van der Waals surface area contributed by atoms with Gasteiger partial charge in [-0.15, -0.1) is 5.10 Å². The first-order valence-corrected chi connectivity index (χ1v) is 8.21. The van der Waals surface area contributed by atoms with Gasteiger partial charge in [-0.05, 0) is 43.7 Å². The van der Waals surface area contributed by atoms with Crippen molar-refractivity contribution in [2.75, 3.05) is 6.54 Å². The number of para-hydroxylation sites is 1. The monoisotopic (exact) mass is 333 g/mol. The summed E-state index contributed by atoms with van der Waals surface area (Å²) >= 11 is 0. The van der Waals surface area contributed by atoms with Crippen molar-refractivity contribution in [1.82, 2.24) is 19.9 Å². The van der Waals surface area contributed by atoms with Crippen molar-refractivity contribution < 1.29 is 4.79 Å². The van der Waals surface area contributed by atoms with E-state index in [1.165, 1.54) is 0 Å². The van der Waals surface area contributed by atoms with Crippen molar-refractivity contribution in [2.24, 2.45) is 0 Å². The fourth-order valence-corrected chi connectivity index (χ4v) is 2.94. The van der Waals surface area contributed by atoms with Gasteiger partial charge in [0.2, 0.25) is 5.91 Å². The van der Waals surface area contributed by atoms with Crippen LogP contribution in [0, 0.1) is 11.3 Å². The van der Waals surface area contributed by atoms with E-state index >= 15 is 0 Å². The van der Waals surface area contributed by atoms with Crippen molar-refractivity contribution in [3.05, 3.63) is 59.7 Å². The summed E-state index contributed by atoms with van der Waals surface area (Å²) in [6.07, 6.45) is 0. The van der Waals surface area contributed by atoms with Crippen LogP contribution >= 0.6 is 0 Å². The number of aromatic nitrogens is 3. The predicted octanol–water partition coefficient (Wildman–Crippen LogP) is 2.91. The van der Waals surface area contributed by atoms with Crippen LogP contribution < -0.4 is 0 Å². The van der Waals surface area contributed by atoms with Gasteiger partial charge in [0.1, 0.15) is 12.1 Å². The zero-order valence-electron chi connectivity index (χ0n) is 14.3. The molecular formula is C19H19N5O. The maximum Gasteiger partial charge on any atom is 0.244 e. The van der Waals surface area contributed by atoms with Crippen LogP contribution in [0.1, 0.15) is 31.0 Å². The minimum absolute atomic E-state index is 0.0185. The lowest BCUT2D eigenvalue weighted by atomic mass is 10.0. The van der Waals surface area contributed by atoms with E-state index in [1.54, 1.807) is 21.7 Å². The summed E-state index contributed by atoms with van der Waals surface area (Å²) in [5.41, 5.74) is 3.23. The predicted molar refractivity (Wildman–Crippen MR) is 94.5 cm³/mol. The van der Waals surface area contributed by atoms with Gasteiger partial charge in [0.25, 0.3) is 0 Å². The number of benzene rings is 2. The third kappa shape index (κ3) is 3.36. The summed E-state index contributed by atoms with van der Waals surface area (Å²) in [5.74, 6) is -0.0185. The molecule has 25 heavy (non-hydrogen) atoms. The molecule has 0 bridgehead atoms. The molecule has 0 aliphatic carbocycles. The van der Waals surface area contributed by atoms with Crippen molar-refractivity contribution in [1.29, 1.82) is 5.26 Å². The van der Waals surface area contributed by atoms with Gasteiger partial charge in [-0.25, -0.2) is 4.68 Å². The lowest BCUT2D eigenvalue weighted by molar-refractivity contribution is -0.133. The molecule has 1 amide bonds. The van der Waals surface area contributed by atoms with Gasteiger partial charge in [-0.1, -0.05) is 29.5 Å². The normalized spacial score (nSPS) is 11.9. The highest BCUT2D eigenvalue weighted by molar-refractivity contribution is 5.80. The first-order valence-electron chi connectivity index (χ1n) is 8.21. The molecule has 3 rings (SSSR count). The van der Waals surface area contributed by atoms with Crippen LogP contribution in [-0.4, -0.2) is 32.3 Å². The molecule has 0 aliphatic rings. The lowest BCUT2D eigenvalue weighted by Gasteiger charge is -2.28. The average molecular weight is 333 g/mol. The number of hydrogen-bond donors (Lipinski definition) is 0. The van der Waals surface area contributed by atoms with E-state index in [-0.39, 0.29) is 18.5 Å². The van der Waals surface area contributed by atoms with Gasteiger partial charge >= 0.3 is 0 Å². The molecule has 1 heterocycles. The van der Waals surface area contributed by atoms with E-state index in [0.717, 1.165) is 16.6 Å². The molecule has 0 saturated carbocycles. The van der Waals surface area contributed by atoms with E-state index in [9.17, 15) is 4.79 Å². The number of nitriles is 1.